The van der Waals surface area contributed by atoms with Crippen molar-refractivity contribution in [2.75, 3.05) is 13.1 Å². The number of amides is 2. The van der Waals surface area contributed by atoms with E-state index in [2.05, 4.69) is 26.6 Å². The first-order valence-corrected chi connectivity index (χ1v) is 6.69. The molecule has 0 unspecified atom stereocenters. The average molecular weight is 331 g/mol. The predicted octanol–water partition coefficient (Wildman–Crippen LogP) is 2.09. The van der Waals surface area contributed by atoms with Crippen molar-refractivity contribution < 1.29 is 14.0 Å². The highest BCUT2D eigenvalue weighted by Crippen LogP contribution is 2.14. The molecule has 0 aliphatic rings. The van der Waals surface area contributed by atoms with Gasteiger partial charge in [0.1, 0.15) is 5.82 Å². The van der Waals surface area contributed by atoms with Crippen molar-refractivity contribution in [2.45, 2.75) is 13.8 Å². The van der Waals surface area contributed by atoms with Gasteiger partial charge >= 0.3 is 0 Å². The van der Waals surface area contributed by atoms with Crippen molar-refractivity contribution in [3.05, 3.63) is 34.1 Å². The lowest BCUT2D eigenvalue weighted by molar-refractivity contribution is -0.120. The van der Waals surface area contributed by atoms with Gasteiger partial charge in [0.15, 0.2) is 0 Å². The number of rotatable bonds is 5. The van der Waals surface area contributed by atoms with Gasteiger partial charge in [-0.1, -0.05) is 29.8 Å². The van der Waals surface area contributed by atoms with Crippen LogP contribution >= 0.6 is 15.9 Å². The Hall–Kier alpha value is -1.43. The van der Waals surface area contributed by atoms with E-state index < -0.39 is 11.7 Å². The van der Waals surface area contributed by atoms with Crippen molar-refractivity contribution in [1.82, 2.24) is 10.6 Å². The Morgan fingerprint density at radius 3 is 2.58 bits per heavy atom. The summed E-state index contributed by atoms with van der Waals surface area (Å²) >= 11 is 3.11. The van der Waals surface area contributed by atoms with E-state index in [1.54, 1.807) is 6.07 Å². The van der Waals surface area contributed by atoms with Crippen LogP contribution in [0.15, 0.2) is 22.7 Å². The molecule has 19 heavy (non-hydrogen) atoms. The van der Waals surface area contributed by atoms with Crippen molar-refractivity contribution in [3.63, 3.8) is 0 Å². The number of nitrogens with one attached hydrogen (secondary N) is 2. The predicted molar refractivity (Wildman–Crippen MR) is 74.3 cm³/mol. The zero-order chi connectivity index (χ0) is 14.4. The summed E-state index contributed by atoms with van der Waals surface area (Å²) in [4.78, 5) is 23.1. The van der Waals surface area contributed by atoms with Gasteiger partial charge in [-0.2, -0.15) is 0 Å². The second-order valence-corrected chi connectivity index (χ2v) is 5.42. The quantitative estimate of drug-likeness (QED) is 0.868. The topological polar surface area (TPSA) is 58.2 Å². The van der Waals surface area contributed by atoms with Crippen LogP contribution < -0.4 is 10.6 Å². The van der Waals surface area contributed by atoms with Gasteiger partial charge in [0.05, 0.1) is 12.1 Å². The third-order valence-electron chi connectivity index (χ3n) is 2.29. The second kappa shape index (κ2) is 7.23. The molecule has 1 aromatic carbocycles. The highest BCUT2D eigenvalue weighted by Gasteiger charge is 2.12. The molecule has 1 aromatic rings. The molecular weight excluding hydrogens is 315 g/mol. The number of benzene rings is 1. The minimum absolute atomic E-state index is 0.0835. The molecule has 0 saturated heterocycles. The van der Waals surface area contributed by atoms with Crippen LogP contribution in [0.25, 0.3) is 0 Å². The maximum atomic E-state index is 13.5. The van der Waals surface area contributed by atoms with Crippen molar-refractivity contribution in [2.24, 2.45) is 5.92 Å². The summed E-state index contributed by atoms with van der Waals surface area (Å²) in [7, 11) is 0. The molecule has 104 valence electrons. The van der Waals surface area contributed by atoms with E-state index in [-0.39, 0.29) is 18.0 Å². The summed E-state index contributed by atoms with van der Waals surface area (Å²) in [6, 6.07) is 4.13. The smallest absolute Gasteiger partial charge is 0.254 e. The van der Waals surface area contributed by atoms with E-state index in [9.17, 15) is 14.0 Å². The highest BCUT2D eigenvalue weighted by atomic mass is 79.9. The van der Waals surface area contributed by atoms with Gasteiger partial charge in [0, 0.05) is 11.0 Å². The molecule has 0 aliphatic heterocycles. The number of carbonyl (C=O) groups excluding carboxylic acids is 2. The molecule has 0 atom stereocenters. The fraction of sp³-hybridized carbons (Fsp3) is 0.385. The van der Waals surface area contributed by atoms with Crippen LogP contribution in [0.2, 0.25) is 0 Å². The van der Waals surface area contributed by atoms with Crippen molar-refractivity contribution in [3.8, 4) is 0 Å². The summed E-state index contributed by atoms with van der Waals surface area (Å²) in [5, 5.41) is 5.03. The normalized spacial score (nSPS) is 10.4. The zero-order valence-corrected chi connectivity index (χ0v) is 12.4. The largest absolute Gasteiger partial charge is 0.354 e. The number of hydrogen-bond donors (Lipinski definition) is 2. The van der Waals surface area contributed by atoms with Crippen LogP contribution in [0.1, 0.15) is 24.2 Å². The third kappa shape index (κ3) is 5.38. The fourth-order valence-corrected chi connectivity index (χ4v) is 1.64. The molecule has 0 radical (unpaired) electrons. The highest BCUT2D eigenvalue weighted by molar-refractivity contribution is 9.10. The molecule has 0 fully saturated rings. The Bertz CT molecular complexity index is 478. The monoisotopic (exact) mass is 330 g/mol. The van der Waals surface area contributed by atoms with Crippen LogP contribution in [0.5, 0.6) is 0 Å². The van der Waals surface area contributed by atoms with Crippen LogP contribution in [0, 0.1) is 11.7 Å². The summed E-state index contributed by atoms with van der Waals surface area (Å²) in [6.07, 6.45) is 0. The van der Waals surface area contributed by atoms with Crippen LogP contribution in [-0.4, -0.2) is 24.9 Å². The molecule has 0 spiro atoms. The van der Waals surface area contributed by atoms with Gasteiger partial charge < -0.3 is 10.6 Å². The molecule has 2 N–H and O–H groups in total. The first-order chi connectivity index (χ1) is 8.90. The number of halogens is 2. The fourth-order valence-electron chi connectivity index (χ4n) is 1.31. The Labute approximate surface area is 119 Å². The summed E-state index contributed by atoms with van der Waals surface area (Å²) in [5.74, 6) is -1.19. The SMILES string of the molecule is CC(C)CNC(=O)CNC(=O)c1ccc(Br)cc1F. The molecule has 6 heteroatoms. The van der Waals surface area contributed by atoms with Crippen LogP contribution in [-0.2, 0) is 4.79 Å². The molecule has 0 bridgehead atoms. The van der Waals surface area contributed by atoms with Gasteiger partial charge in [0.25, 0.3) is 5.91 Å². The van der Waals surface area contributed by atoms with Crippen molar-refractivity contribution in [1.29, 1.82) is 0 Å². The van der Waals surface area contributed by atoms with Gasteiger partial charge in [-0.05, 0) is 24.1 Å². The molecule has 1 rings (SSSR count). The van der Waals surface area contributed by atoms with Crippen LogP contribution in [0.3, 0.4) is 0 Å². The molecule has 0 heterocycles. The first-order valence-electron chi connectivity index (χ1n) is 5.90. The van der Waals surface area contributed by atoms with Gasteiger partial charge in [-0.15, -0.1) is 0 Å². The lowest BCUT2D eigenvalue weighted by Gasteiger charge is -2.09. The molecule has 0 saturated carbocycles. The van der Waals surface area contributed by atoms with E-state index in [1.165, 1.54) is 12.1 Å². The lowest BCUT2D eigenvalue weighted by Crippen LogP contribution is -2.38. The van der Waals surface area contributed by atoms with E-state index in [0.717, 1.165) is 0 Å². The van der Waals surface area contributed by atoms with Crippen LogP contribution in [0.4, 0.5) is 4.39 Å². The standard InChI is InChI=1S/C13H16BrFN2O2/c1-8(2)6-16-12(18)7-17-13(19)10-4-3-9(14)5-11(10)15/h3-5,8H,6-7H2,1-2H3,(H,16,18)(H,17,19). The first kappa shape index (κ1) is 15.6. The van der Waals surface area contributed by atoms with E-state index in [4.69, 9.17) is 0 Å². The number of carbonyl (C=O) groups is 2. The average Bonchev–Trinajstić information content (AvgIpc) is 2.33. The maximum absolute atomic E-state index is 13.5. The Balaban J connectivity index is 2.49. The molecule has 4 nitrogen and oxygen atoms in total. The minimum atomic E-state index is -0.630. The van der Waals surface area contributed by atoms with E-state index in [1.807, 2.05) is 13.8 Å². The van der Waals surface area contributed by atoms with Crippen molar-refractivity contribution >= 4 is 27.7 Å². The Morgan fingerprint density at radius 2 is 2.00 bits per heavy atom. The summed E-state index contributed by atoms with van der Waals surface area (Å²) in [5.41, 5.74) is -0.0835. The molecule has 0 aliphatic carbocycles. The Kier molecular flexibility index (Phi) is 5.95. The van der Waals surface area contributed by atoms with E-state index >= 15 is 0 Å². The van der Waals surface area contributed by atoms with Gasteiger partial charge in [-0.25, -0.2) is 4.39 Å². The lowest BCUT2D eigenvalue weighted by atomic mass is 10.2. The van der Waals surface area contributed by atoms with Gasteiger partial charge in [0.2, 0.25) is 5.91 Å². The minimum Gasteiger partial charge on any atom is -0.354 e. The maximum Gasteiger partial charge on any atom is 0.254 e. The molecular formula is C13H16BrFN2O2. The summed E-state index contributed by atoms with van der Waals surface area (Å²) < 4.78 is 14.0. The summed E-state index contributed by atoms with van der Waals surface area (Å²) in [6.45, 7) is 4.31. The third-order valence-corrected chi connectivity index (χ3v) is 2.79. The Morgan fingerprint density at radius 1 is 1.32 bits per heavy atom. The molecule has 2 amide bonds. The van der Waals surface area contributed by atoms with Gasteiger partial charge in [-0.3, -0.25) is 9.59 Å². The number of hydrogen-bond acceptors (Lipinski definition) is 2. The second-order valence-electron chi connectivity index (χ2n) is 4.50. The zero-order valence-electron chi connectivity index (χ0n) is 10.8. The molecule has 0 aromatic heterocycles. The van der Waals surface area contributed by atoms with E-state index in [0.29, 0.717) is 16.9 Å².